The molecule has 0 spiro atoms. The zero-order valence-corrected chi connectivity index (χ0v) is 17.3. The van der Waals surface area contributed by atoms with E-state index in [4.69, 9.17) is 9.57 Å². The maximum atomic E-state index is 14.0. The first-order valence-electron chi connectivity index (χ1n) is 9.99. The maximum Gasteiger partial charge on any atom is 0.271 e. The average Bonchev–Trinajstić information content (AvgIpc) is 3.60. The Kier molecular flexibility index (Phi) is 5.72. The van der Waals surface area contributed by atoms with Crippen LogP contribution in [0.3, 0.4) is 0 Å². The van der Waals surface area contributed by atoms with Crippen LogP contribution >= 0.6 is 0 Å². The number of likely N-dealkylation sites (N-methyl/N-ethyl adjacent to an activating group) is 1. The Morgan fingerprint density at radius 2 is 2.16 bits per heavy atom. The van der Waals surface area contributed by atoms with Crippen LogP contribution in [-0.2, 0) is 19.2 Å². The second-order valence-electron chi connectivity index (χ2n) is 7.67. The van der Waals surface area contributed by atoms with Gasteiger partial charge in [0.2, 0.25) is 0 Å². The van der Waals surface area contributed by atoms with Gasteiger partial charge in [0.05, 0.1) is 7.11 Å². The third-order valence-corrected chi connectivity index (χ3v) is 5.58. The van der Waals surface area contributed by atoms with Crippen molar-refractivity contribution in [3.05, 3.63) is 64.8 Å². The van der Waals surface area contributed by atoms with Gasteiger partial charge >= 0.3 is 0 Å². The molecule has 8 heteroatoms. The SMILES string of the molecule is CON(C)C(=O)COC1C=C2C(=CN(C3CC3)C(C#N)=C2c2cccc(F)c2)CC1=O. The van der Waals surface area contributed by atoms with Crippen LogP contribution in [0.1, 0.15) is 24.8 Å². The van der Waals surface area contributed by atoms with E-state index in [0.29, 0.717) is 22.4 Å². The van der Waals surface area contributed by atoms with Gasteiger partial charge in [-0.05, 0) is 47.8 Å². The van der Waals surface area contributed by atoms with Gasteiger partial charge in [-0.1, -0.05) is 12.1 Å². The predicted molar refractivity (Wildman–Crippen MR) is 109 cm³/mol. The average molecular weight is 423 g/mol. The first kappa shape index (κ1) is 21.0. The second-order valence-corrected chi connectivity index (χ2v) is 7.67. The number of carbonyl (C=O) groups is 2. The molecule has 7 nitrogen and oxygen atoms in total. The van der Waals surface area contributed by atoms with Crippen molar-refractivity contribution in [2.24, 2.45) is 0 Å². The summed E-state index contributed by atoms with van der Waals surface area (Å²) in [6, 6.07) is 8.54. The zero-order valence-electron chi connectivity index (χ0n) is 17.3. The van der Waals surface area contributed by atoms with E-state index in [2.05, 4.69) is 6.07 Å². The van der Waals surface area contributed by atoms with Gasteiger partial charge in [0.25, 0.3) is 5.91 Å². The lowest BCUT2D eigenvalue weighted by atomic mass is 9.81. The molecule has 0 N–H and O–H groups in total. The Bertz CT molecular complexity index is 1060. The van der Waals surface area contributed by atoms with Gasteiger partial charge in [-0.3, -0.25) is 14.4 Å². The van der Waals surface area contributed by atoms with Crippen molar-refractivity contribution in [3.63, 3.8) is 0 Å². The van der Waals surface area contributed by atoms with Crippen molar-refractivity contribution in [2.75, 3.05) is 20.8 Å². The fourth-order valence-corrected chi connectivity index (χ4v) is 3.77. The van der Waals surface area contributed by atoms with E-state index in [-0.39, 0.29) is 24.9 Å². The van der Waals surface area contributed by atoms with Gasteiger partial charge in [-0.2, -0.15) is 5.26 Å². The third-order valence-electron chi connectivity index (χ3n) is 5.58. The fourth-order valence-electron chi connectivity index (χ4n) is 3.77. The number of nitriles is 1. The molecule has 0 radical (unpaired) electrons. The molecule has 2 aliphatic carbocycles. The molecule has 31 heavy (non-hydrogen) atoms. The minimum Gasteiger partial charge on any atom is -0.356 e. The number of Topliss-reactive ketones (excluding diaryl/α,β-unsaturated/α-hetero) is 1. The van der Waals surface area contributed by atoms with E-state index in [1.54, 1.807) is 18.2 Å². The van der Waals surface area contributed by atoms with Gasteiger partial charge in [0.1, 0.15) is 30.3 Å². The molecular formula is C23H22FN3O4. The summed E-state index contributed by atoms with van der Waals surface area (Å²) in [6.07, 6.45) is 4.55. The number of ether oxygens (including phenoxy) is 1. The lowest BCUT2D eigenvalue weighted by molar-refractivity contribution is -0.174. The number of allylic oxidation sites excluding steroid dienone is 4. The van der Waals surface area contributed by atoms with Crippen LogP contribution in [0, 0.1) is 17.1 Å². The Hall–Kier alpha value is -3.28. The van der Waals surface area contributed by atoms with Gasteiger partial charge in [-0.15, -0.1) is 0 Å². The highest BCUT2D eigenvalue weighted by Crippen LogP contribution is 2.44. The Morgan fingerprint density at radius 1 is 1.39 bits per heavy atom. The van der Waals surface area contributed by atoms with E-state index < -0.39 is 17.8 Å². The summed E-state index contributed by atoms with van der Waals surface area (Å²) < 4.78 is 19.6. The molecule has 0 saturated heterocycles. The molecule has 1 saturated carbocycles. The Morgan fingerprint density at radius 3 is 2.81 bits per heavy atom. The van der Waals surface area contributed by atoms with E-state index >= 15 is 0 Å². The molecule has 1 aromatic carbocycles. The number of nitrogens with zero attached hydrogens (tertiary/aromatic N) is 3. The van der Waals surface area contributed by atoms with Crippen molar-refractivity contribution >= 4 is 17.3 Å². The lowest BCUT2D eigenvalue weighted by Crippen LogP contribution is -2.35. The molecular weight excluding hydrogens is 401 g/mol. The highest BCUT2D eigenvalue weighted by Gasteiger charge is 2.38. The summed E-state index contributed by atoms with van der Waals surface area (Å²) in [5.41, 5.74) is 2.98. The molecule has 1 fully saturated rings. The second kappa shape index (κ2) is 8.46. The summed E-state index contributed by atoms with van der Waals surface area (Å²) in [7, 11) is 2.81. The molecule has 3 aliphatic rings. The van der Waals surface area contributed by atoms with Gasteiger partial charge < -0.3 is 9.64 Å². The number of hydrogen-bond donors (Lipinski definition) is 0. The molecule has 0 bridgehead atoms. The molecule has 1 heterocycles. The summed E-state index contributed by atoms with van der Waals surface area (Å²) in [5, 5.41) is 11.0. The number of amides is 1. The van der Waals surface area contributed by atoms with Crippen LogP contribution in [-0.4, -0.2) is 54.6 Å². The summed E-state index contributed by atoms with van der Waals surface area (Å²) in [6.45, 7) is -0.331. The summed E-state index contributed by atoms with van der Waals surface area (Å²) in [5.74, 6) is -1.03. The van der Waals surface area contributed by atoms with Crippen molar-refractivity contribution in [1.29, 1.82) is 5.26 Å². The minimum absolute atomic E-state index is 0.103. The molecule has 1 atom stereocenters. The Balaban J connectivity index is 1.74. The smallest absolute Gasteiger partial charge is 0.271 e. The van der Waals surface area contributed by atoms with Crippen LogP contribution < -0.4 is 0 Å². The van der Waals surface area contributed by atoms with Gasteiger partial charge in [0, 0.05) is 31.3 Å². The fraction of sp³-hybridized carbons (Fsp3) is 0.348. The molecule has 1 unspecified atom stereocenters. The monoisotopic (exact) mass is 423 g/mol. The van der Waals surface area contributed by atoms with Crippen LogP contribution in [0.15, 0.2) is 53.4 Å². The highest BCUT2D eigenvalue weighted by atomic mass is 19.1. The van der Waals surface area contributed by atoms with Crippen molar-refractivity contribution < 1.29 is 23.6 Å². The molecule has 160 valence electrons. The lowest BCUT2D eigenvalue weighted by Gasteiger charge is -2.34. The van der Waals surface area contributed by atoms with Crippen LogP contribution in [0.5, 0.6) is 0 Å². The topological polar surface area (TPSA) is 82.9 Å². The van der Waals surface area contributed by atoms with Crippen LogP contribution in [0.2, 0.25) is 0 Å². The number of benzene rings is 1. The minimum atomic E-state index is -0.947. The third kappa shape index (κ3) is 4.15. The molecule has 1 aromatic rings. The summed E-state index contributed by atoms with van der Waals surface area (Å²) in [4.78, 5) is 31.4. The quantitative estimate of drug-likeness (QED) is 0.655. The van der Waals surface area contributed by atoms with Crippen molar-refractivity contribution in [1.82, 2.24) is 9.96 Å². The molecule has 0 aromatic heterocycles. The first-order chi connectivity index (χ1) is 14.9. The number of carbonyl (C=O) groups excluding carboxylic acids is 2. The van der Waals surface area contributed by atoms with Crippen LogP contribution in [0.4, 0.5) is 4.39 Å². The Labute approximate surface area is 179 Å². The van der Waals surface area contributed by atoms with E-state index in [0.717, 1.165) is 23.5 Å². The summed E-state index contributed by atoms with van der Waals surface area (Å²) >= 11 is 0. The van der Waals surface area contributed by atoms with Gasteiger partial charge in [0.15, 0.2) is 5.78 Å². The number of fused-ring (bicyclic) bond motifs is 1. The number of ketones is 1. The number of hydrogen-bond acceptors (Lipinski definition) is 6. The number of hydroxylamine groups is 2. The molecule has 4 rings (SSSR count). The largest absolute Gasteiger partial charge is 0.356 e. The number of rotatable bonds is 6. The predicted octanol–water partition coefficient (Wildman–Crippen LogP) is 2.73. The zero-order chi connectivity index (χ0) is 22.1. The normalized spacial score (nSPS) is 20.6. The highest BCUT2D eigenvalue weighted by molar-refractivity contribution is 5.98. The van der Waals surface area contributed by atoms with Crippen LogP contribution in [0.25, 0.3) is 5.57 Å². The van der Waals surface area contributed by atoms with E-state index in [1.165, 1.54) is 26.3 Å². The standard InChI is InChI=1S/C23H22FN3O4/c1-26(30-2)22(29)13-31-21-10-18-15(9-20(21)28)12-27(17-6-7-17)19(11-25)23(18)14-4-3-5-16(24)8-14/h3-5,8,10,12,17,21H,6-7,9,13H2,1-2H3. The van der Waals surface area contributed by atoms with Gasteiger partial charge in [-0.25, -0.2) is 9.45 Å². The van der Waals surface area contributed by atoms with Crippen molar-refractivity contribution in [3.8, 4) is 6.07 Å². The van der Waals surface area contributed by atoms with Crippen molar-refractivity contribution in [2.45, 2.75) is 31.4 Å². The number of halogens is 1. The molecule has 1 aliphatic heterocycles. The first-order valence-corrected chi connectivity index (χ1v) is 9.99. The van der Waals surface area contributed by atoms with E-state index in [1.807, 2.05) is 11.1 Å². The molecule has 1 amide bonds. The van der Waals surface area contributed by atoms with E-state index in [9.17, 15) is 19.2 Å². The maximum absolute atomic E-state index is 14.0.